The number of unbranched alkanes of at least 4 members (excludes halogenated alkanes) is 1. The predicted octanol–water partition coefficient (Wildman–Crippen LogP) is 4.14. The average molecular weight is 543 g/mol. The second kappa shape index (κ2) is 13.1. The molecule has 0 saturated heterocycles. The lowest BCUT2D eigenvalue weighted by atomic mass is 10.1. The van der Waals surface area contributed by atoms with Gasteiger partial charge in [0.25, 0.3) is 0 Å². The molecule has 3 aromatic carbocycles. The van der Waals surface area contributed by atoms with E-state index in [1.54, 1.807) is 41.3 Å². The number of hydrogen-bond donors (Lipinski definition) is 3. The zero-order valence-electron chi connectivity index (χ0n) is 20.4. The number of nitrogen functional groups attached to an aromatic ring is 1. The van der Waals surface area contributed by atoms with Crippen molar-refractivity contribution in [2.75, 3.05) is 23.9 Å². The molecule has 0 unspecified atom stereocenters. The Labute approximate surface area is 222 Å². The van der Waals surface area contributed by atoms with Crippen LogP contribution in [0.25, 0.3) is 0 Å². The van der Waals surface area contributed by atoms with Gasteiger partial charge in [0, 0.05) is 36.7 Å². The molecule has 196 valence electrons. The van der Waals surface area contributed by atoms with Gasteiger partial charge < -0.3 is 21.1 Å². The topological polar surface area (TPSA) is 140 Å². The Balaban J connectivity index is 1.72. The maximum atomic E-state index is 13.2. The van der Waals surface area contributed by atoms with E-state index in [1.807, 2.05) is 30.3 Å². The molecule has 0 saturated carbocycles. The van der Waals surface area contributed by atoms with Crippen molar-refractivity contribution in [2.45, 2.75) is 30.6 Å². The van der Waals surface area contributed by atoms with E-state index in [2.05, 4.69) is 0 Å². The number of anilines is 1. The van der Waals surface area contributed by atoms with Crippen LogP contribution in [0.3, 0.4) is 0 Å². The van der Waals surface area contributed by atoms with Crippen molar-refractivity contribution in [3.63, 3.8) is 0 Å². The molecule has 0 aromatic heterocycles. The lowest BCUT2D eigenvalue weighted by Crippen LogP contribution is -2.31. The number of ether oxygens (including phenoxy) is 1. The molecule has 0 aliphatic heterocycles. The van der Waals surface area contributed by atoms with E-state index in [0.717, 1.165) is 5.56 Å². The van der Waals surface area contributed by atoms with Crippen LogP contribution in [-0.2, 0) is 21.1 Å². The molecule has 8 nitrogen and oxygen atoms in total. The third-order valence-corrected chi connectivity index (χ3v) is 7.83. The molecule has 37 heavy (non-hydrogen) atoms. The van der Waals surface area contributed by atoms with Crippen molar-refractivity contribution in [3.05, 3.63) is 88.9 Å². The smallest absolute Gasteiger partial charge is 0.217 e. The summed E-state index contributed by atoms with van der Waals surface area (Å²) in [7, 11) is -3.73. The van der Waals surface area contributed by atoms with Crippen LogP contribution in [-0.4, -0.2) is 39.2 Å². The fourth-order valence-corrected chi connectivity index (χ4v) is 5.72. The van der Waals surface area contributed by atoms with Gasteiger partial charge in [0.15, 0.2) is 9.84 Å². The first kappa shape index (κ1) is 28.0. The number of amidine groups is 1. The Morgan fingerprint density at radius 1 is 0.973 bits per heavy atom. The lowest BCUT2D eigenvalue weighted by molar-refractivity contribution is -0.118. The number of halogens is 1. The molecule has 5 N–H and O–H groups in total. The van der Waals surface area contributed by atoms with Gasteiger partial charge in [-0.05, 0) is 42.7 Å². The van der Waals surface area contributed by atoms with Crippen LogP contribution in [0.15, 0.2) is 77.7 Å². The quantitative estimate of drug-likeness (QED) is 0.159. The summed E-state index contributed by atoms with van der Waals surface area (Å²) in [4.78, 5) is 12.9. The minimum atomic E-state index is -3.73. The van der Waals surface area contributed by atoms with Crippen LogP contribution in [0.5, 0.6) is 5.75 Å². The molecule has 3 rings (SSSR count). The molecule has 10 heteroatoms. The molecular formula is C27H31ClN4O4S. The highest BCUT2D eigenvalue weighted by Gasteiger charge is 2.22. The van der Waals surface area contributed by atoms with Gasteiger partial charge >= 0.3 is 0 Å². The Bertz CT molecular complexity index is 1330. The molecule has 0 heterocycles. The summed E-state index contributed by atoms with van der Waals surface area (Å²) in [5.74, 6) is -0.0359. The van der Waals surface area contributed by atoms with Crippen molar-refractivity contribution in [1.29, 1.82) is 5.41 Å². The van der Waals surface area contributed by atoms with Crippen molar-refractivity contribution < 1.29 is 17.9 Å². The van der Waals surface area contributed by atoms with Gasteiger partial charge in [-0.3, -0.25) is 10.2 Å². The van der Waals surface area contributed by atoms with Crippen molar-refractivity contribution in [2.24, 2.45) is 11.5 Å². The number of hydrogen-bond acceptors (Lipinski definition) is 6. The van der Waals surface area contributed by atoms with Gasteiger partial charge in [-0.15, -0.1) is 0 Å². The Hall–Kier alpha value is -3.56. The van der Waals surface area contributed by atoms with Gasteiger partial charge in [-0.25, -0.2) is 8.42 Å². The summed E-state index contributed by atoms with van der Waals surface area (Å²) >= 11 is 6.17. The van der Waals surface area contributed by atoms with Crippen molar-refractivity contribution in [3.8, 4) is 5.75 Å². The molecule has 0 spiro atoms. The summed E-state index contributed by atoms with van der Waals surface area (Å²) in [6.45, 7) is 0.822. The minimum Gasteiger partial charge on any atom is -0.493 e. The zero-order valence-corrected chi connectivity index (χ0v) is 22.0. The summed E-state index contributed by atoms with van der Waals surface area (Å²) in [6, 6.07) is 21.0. The van der Waals surface area contributed by atoms with Crippen LogP contribution < -0.4 is 21.1 Å². The molecule has 0 radical (unpaired) electrons. The Kier molecular flexibility index (Phi) is 9.93. The first-order valence-corrected chi connectivity index (χ1v) is 13.9. The molecule has 0 atom stereocenters. The predicted molar refractivity (Wildman–Crippen MR) is 147 cm³/mol. The maximum Gasteiger partial charge on any atom is 0.217 e. The first-order chi connectivity index (χ1) is 17.7. The number of sulfone groups is 1. The molecule has 1 amide bonds. The van der Waals surface area contributed by atoms with E-state index in [9.17, 15) is 13.2 Å². The normalized spacial score (nSPS) is 11.2. The SMILES string of the molecule is N=C(N)c1ccc(CCOc2cccc(N(CCCCC(N)=O)CS(=O)(=O)c3ccccc3Cl)c2)cc1. The van der Waals surface area contributed by atoms with Gasteiger partial charge in [-0.1, -0.05) is 54.1 Å². The third kappa shape index (κ3) is 8.51. The Morgan fingerprint density at radius 3 is 2.38 bits per heavy atom. The summed E-state index contributed by atoms with van der Waals surface area (Å²) in [5, 5.41) is 7.65. The van der Waals surface area contributed by atoms with Gasteiger partial charge in [0.1, 0.15) is 17.5 Å². The van der Waals surface area contributed by atoms with E-state index in [4.69, 9.17) is 33.2 Å². The van der Waals surface area contributed by atoms with Gasteiger partial charge in [0.05, 0.1) is 16.5 Å². The minimum absolute atomic E-state index is 0.0235. The highest BCUT2D eigenvalue weighted by molar-refractivity contribution is 7.91. The maximum absolute atomic E-state index is 13.2. The standard InChI is InChI=1S/C27H31ClN4O4S/c28-24-8-1-2-9-25(24)37(34,35)19-32(16-4-3-10-26(29)33)22-6-5-7-23(18-22)36-17-15-20-11-13-21(14-12-20)27(30)31/h1-2,5-9,11-14,18H,3-4,10,15-17,19H2,(H2,29,33)(H3,30,31). The fourth-order valence-electron chi connectivity index (χ4n) is 3.75. The van der Waals surface area contributed by atoms with E-state index in [-0.39, 0.29) is 34.0 Å². The van der Waals surface area contributed by atoms with Crippen molar-refractivity contribution in [1.82, 2.24) is 0 Å². The lowest BCUT2D eigenvalue weighted by Gasteiger charge is -2.25. The third-order valence-electron chi connectivity index (χ3n) is 5.71. The number of nitrogens with zero attached hydrogens (tertiary/aromatic N) is 1. The van der Waals surface area contributed by atoms with E-state index < -0.39 is 9.84 Å². The Morgan fingerprint density at radius 2 is 1.70 bits per heavy atom. The molecule has 0 fully saturated rings. The van der Waals surface area contributed by atoms with Crippen LogP contribution in [0.4, 0.5) is 5.69 Å². The average Bonchev–Trinajstić information content (AvgIpc) is 2.86. The number of primary amides is 1. The largest absolute Gasteiger partial charge is 0.493 e. The van der Waals surface area contributed by atoms with Crippen LogP contribution in [0, 0.1) is 5.41 Å². The number of carbonyl (C=O) groups is 1. The summed E-state index contributed by atoms with van der Waals surface area (Å²) in [5.41, 5.74) is 13.1. The number of benzene rings is 3. The molecule has 0 bridgehead atoms. The monoisotopic (exact) mass is 542 g/mol. The van der Waals surface area contributed by atoms with Gasteiger partial charge in [-0.2, -0.15) is 0 Å². The molecule has 0 aliphatic rings. The van der Waals surface area contributed by atoms with E-state index in [0.29, 0.717) is 49.4 Å². The van der Waals surface area contributed by atoms with Crippen LogP contribution >= 0.6 is 11.6 Å². The van der Waals surface area contributed by atoms with Crippen LogP contribution in [0.2, 0.25) is 5.02 Å². The summed E-state index contributed by atoms with van der Waals surface area (Å²) < 4.78 is 32.4. The highest BCUT2D eigenvalue weighted by atomic mass is 35.5. The number of carbonyl (C=O) groups excluding carboxylic acids is 1. The van der Waals surface area contributed by atoms with E-state index >= 15 is 0 Å². The first-order valence-electron chi connectivity index (χ1n) is 11.8. The fraction of sp³-hybridized carbons (Fsp3) is 0.259. The molecule has 0 aliphatic carbocycles. The number of amides is 1. The molecular weight excluding hydrogens is 512 g/mol. The molecule has 3 aromatic rings. The number of rotatable bonds is 14. The second-order valence-corrected chi connectivity index (χ2v) is 10.9. The summed E-state index contributed by atoms with van der Waals surface area (Å²) in [6.07, 6.45) is 2.03. The number of nitrogens with one attached hydrogen (secondary N) is 1. The zero-order chi connectivity index (χ0) is 26.8. The second-order valence-electron chi connectivity index (χ2n) is 8.57. The van der Waals surface area contributed by atoms with Gasteiger partial charge in [0.2, 0.25) is 5.91 Å². The highest BCUT2D eigenvalue weighted by Crippen LogP contribution is 2.27. The van der Waals surface area contributed by atoms with E-state index in [1.165, 1.54) is 6.07 Å². The number of nitrogens with two attached hydrogens (primary N) is 2. The van der Waals surface area contributed by atoms with Crippen molar-refractivity contribution >= 4 is 38.9 Å². The van der Waals surface area contributed by atoms with Crippen LogP contribution in [0.1, 0.15) is 30.4 Å².